The Balaban J connectivity index is 1.64. The zero-order valence-corrected chi connectivity index (χ0v) is 16.4. The predicted octanol–water partition coefficient (Wildman–Crippen LogP) is 2.06. The third-order valence-corrected chi connectivity index (χ3v) is 4.59. The Labute approximate surface area is 162 Å². The smallest absolute Gasteiger partial charge is 0.312 e. The van der Waals surface area contributed by atoms with Crippen molar-refractivity contribution in [1.82, 2.24) is 14.8 Å². The summed E-state index contributed by atoms with van der Waals surface area (Å²) in [6.07, 6.45) is 1.87. The summed E-state index contributed by atoms with van der Waals surface area (Å²) in [6, 6.07) is 3.64. The minimum Gasteiger partial charge on any atom is -0.372 e. The predicted molar refractivity (Wildman–Crippen MR) is 103 cm³/mol. The van der Waals surface area contributed by atoms with Gasteiger partial charge in [-0.15, -0.1) is 0 Å². The van der Waals surface area contributed by atoms with Crippen molar-refractivity contribution in [2.45, 2.75) is 46.4 Å². The summed E-state index contributed by atoms with van der Waals surface area (Å²) in [5.74, 6) is 0.498. The minimum atomic E-state index is -0.484. The van der Waals surface area contributed by atoms with E-state index in [0.717, 1.165) is 18.9 Å². The van der Waals surface area contributed by atoms with Crippen LogP contribution in [0.1, 0.15) is 25.2 Å². The third kappa shape index (κ3) is 4.28. The molecule has 2 unspecified atom stereocenters. The average molecular weight is 388 g/mol. The number of amides is 1. The number of nitrogens with one attached hydrogen (secondary N) is 1. The van der Waals surface area contributed by atoms with Gasteiger partial charge in [0, 0.05) is 13.1 Å². The fourth-order valence-corrected chi connectivity index (χ4v) is 3.45. The van der Waals surface area contributed by atoms with Crippen LogP contribution in [0.2, 0.25) is 0 Å². The molecule has 0 bridgehead atoms. The number of pyridine rings is 1. The number of hydrogen-bond donors (Lipinski definition) is 1. The van der Waals surface area contributed by atoms with E-state index in [1.165, 1.54) is 4.68 Å². The molecule has 1 saturated heterocycles. The standard InChI is InChI=1S/C18H24N6O4/c1-11-8-22(9-12(2)28-11)16-6-5-15(7-19-16)20-17(25)10-23-14(4)18(24(26)27)13(3)21-23/h5-7,11-12H,8-10H2,1-4H3,(H,20,25). The Morgan fingerprint density at radius 3 is 2.54 bits per heavy atom. The van der Waals surface area contributed by atoms with E-state index in [2.05, 4.69) is 20.3 Å². The van der Waals surface area contributed by atoms with Gasteiger partial charge in [0.1, 0.15) is 23.8 Å². The molecule has 10 nitrogen and oxygen atoms in total. The lowest BCUT2D eigenvalue weighted by atomic mass is 10.2. The van der Waals surface area contributed by atoms with Gasteiger partial charge in [0.05, 0.1) is 29.0 Å². The van der Waals surface area contributed by atoms with E-state index in [1.54, 1.807) is 26.1 Å². The van der Waals surface area contributed by atoms with Gasteiger partial charge in [0.25, 0.3) is 0 Å². The lowest BCUT2D eigenvalue weighted by molar-refractivity contribution is -0.386. The first-order valence-corrected chi connectivity index (χ1v) is 9.09. The fraction of sp³-hybridized carbons (Fsp3) is 0.500. The second kappa shape index (κ2) is 7.93. The lowest BCUT2D eigenvalue weighted by Gasteiger charge is -2.36. The maximum Gasteiger partial charge on any atom is 0.312 e. The van der Waals surface area contributed by atoms with Gasteiger partial charge in [-0.2, -0.15) is 5.10 Å². The summed E-state index contributed by atoms with van der Waals surface area (Å²) >= 11 is 0. The molecule has 1 amide bonds. The maximum atomic E-state index is 12.3. The van der Waals surface area contributed by atoms with Gasteiger partial charge in [-0.3, -0.25) is 19.6 Å². The number of nitrogens with zero attached hydrogens (tertiary/aromatic N) is 5. The largest absolute Gasteiger partial charge is 0.372 e. The van der Waals surface area contributed by atoms with Gasteiger partial charge in [0.2, 0.25) is 5.91 Å². The SMILES string of the molecule is Cc1nn(CC(=O)Nc2ccc(N3CC(C)OC(C)C3)nc2)c(C)c1[N+](=O)[O-]. The van der Waals surface area contributed by atoms with Gasteiger partial charge in [0.15, 0.2) is 0 Å². The fourth-order valence-electron chi connectivity index (χ4n) is 3.45. The van der Waals surface area contributed by atoms with E-state index in [4.69, 9.17) is 4.74 Å². The molecule has 1 aliphatic heterocycles. The molecule has 2 aromatic heterocycles. The first kappa shape index (κ1) is 19.7. The Morgan fingerprint density at radius 1 is 1.32 bits per heavy atom. The monoisotopic (exact) mass is 388 g/mol. The number of nitro groups is 1. The number of aryl methyl sites for hydroxylation is 1. The van der Waals surface area contributed by atoms with Crippen LogP contribution in [0.3, 0.4) is 0 Å². The zero-order valence-electron chi connectivity index (χ0n) is 16.4. The highest BCUT2D eigenvalue weighted by molar-refractivity contribution is 5.90. The Hall–Kier alpha value is -3.01. The summed E-state index contributed by atoms with van der Waals surface area (Å²) in [5.41, 5.74) is 1.13. The molecule has 1 fully saturated rings. The van der Waals surface area contributed by atoms with Crippen LogP contribution in [0.5, 0.6) is 0 Å². The van der Waals surface area contributed by atoms with Crippen LogP contribution in [0, 0.1) is 24.0 Å². The molecule has 150 valence electrons. The van der Waals surface area contributed by atoms with Crippen LogP contribution in [-0.2, 0) is 16.1 Å². The summed E-state index contributed by atoms with van der Waals surface area (Å²) in [7, 11) is 0. The number of morpholine rings is 1. The van der Waals surface area contributed by atoms with Crippen LogP contribution in [-0.4, -0.2) is 50.9 Å². The molecule has 2 atom stereocenters. The third-order valence-electron chi connectivity index (χ3n) is 4.59. The van der Waals surface area contributed by atoms with E-state index in [9.17, 15) is 14.9 Å². The maximum absolute atomic E-state index is 12.3. The van der Waals surface area contributed by atoms with Gasteiger partial charge in [-0.05, 0) is 39.8 Å². The molecule has 0 aliphatic carbocycles. The summed E-state index contributed by atoms with van der Waals surface area (Å²) < 4.78 is 7.06. The van der Waals surface area contributed by atoms with E-state index in [0.29, 0.717) is 11.4 Å². The lowest BCUT2D eigenvalue weighted by Crippen LogP contribution is -2.45. The topological polar surface area (TPSA) is 115 Å². The number of anilines is 2. The summed E-state index contributed by atoms with van der Waals surface area (Å²) in [6.45, 7) is 8.60. The second-order valence-electron chi connectivity index (χ2n) is 7.05. The second-order valence-corrected chi connectivity index (χ2v) is 7.05. The Bertz CT molecular complexity index is 869. The van der Waals surface area contributed by atoms with Crippen molar-refractivity contribution in [2.24, 2.45) is 0 Å². The van der Waals surface area contributed by atoms with Crippen molar-refractivity contribution in [3.8, 4) is 0 Å². The molecule has 2 aromatic rings. The number of carbonyl (C=O) groups excluding carboxylic acids is 1. The number of rotatable bonds is 5. The van der Waals surface area contributed by atoms with E-state index >= 15 is 0 Å². The Morgan fingerprint density at radius 2 is 2.00 bits per heavy atom. The van der Waals surface area contributed by atoms with Gasteiger partial charge >= 0.3 is 5.69 Å². The molecule has 1 aliphatic rings. The minimum absolute atomic E-state index is 0.0622. The van der Waals surface area contributed by atoms with E-state index in [1.807, 2.05) is 19.9 Å². The van der Waals surface area contributed by atoms with Crippen molar-refractivity contribution in [1.29, 1.82) is 0 Å². The molecular formula is C18H24N6O4. The van der Waals surface area contributed by atoms with Crippen LogP contribution in [0.25, 0.3) is 0 Å². The quantitative estimate of drug-likeness (QED) is 0.615. The number of ether oxygens (including phenoxy) is 1. The van der Waals surface area contributed by atoms with Crippen LogP contribution in [0.4, 0.5) is 17.2 Å². The molecule has 1 N–H and O–H groups in total. The van der Waals surface area contributed by atoms with Gasteiger partial charge < -0.3 is 15.0 Å². The van der Waals surface area contributed by atoms with Crippen molar-refractivity contribution < 1.29 is 14.5 Å². The summed E-state index contributed by atoms with van der Waals surface area (Å²) in [4.78, 5) is 29.5. The van der Waals surface area contributed by atoms with Crippen LogP contribution < -0.4 is 10.2 Å². The first-order valence-electron chi connectivity index (χ1n) is 9.09. The zero-order chi connectivity index (χ0) is 20.4. The van der Waals surface area contributed by atoms with Crippen LogP contribution >= 0.6 is 0 Å². The highest BCUT2D eigenvalue weighted by Gasteiger charge is 2.24. The average Bonchev–Trinajstić information content (AvgIpc) is 2.88. The molecule has 0 saturated carbocycles. The van der Waals surface area contributed by atoms with E-state index in [-0.39, 0.29) is 36.0 Å². The molecule has 28 heavy (non-hydrogen) atoms. The van der Waals surface area contributed by atoms with Gasteiger partial charge in [-0.25, -0.2) is 4.98 Å². The highest BCUT2D eigenvalue weighted by Crippen LogP contribution is 2.22. The molecule has 10 heteroatoms. The van der Waals surface area contributed by atoms with Crippen molar-refractivity contribution in [3.63, 3.8) is 0 Å². The first-order chi connectivity index (χ1) is 13.2. The molecule has 0 radical (unpaired) electrons. The molecule has 3 heterocycles. The number of aromatic nitrogens is 3. The number of hydrogen-bond acceptors (Lipinski definition) is 7. The molecule has 0 aromatic carbocycles. The van der Waals surface area contributed by atoms with Crippen molar-refractivity contribution in [2.75, 3.05) is 23.3 Å². The molecule has 0 spiro atoms. The summed E-state index contributed by atoms with van der Waals surface area (Å²) in [5, 5.41) is 17.9. The van der Waals surface area contributed by atoms with Crippen molar-refractivity contribution in [3.05, 3.63) is 39.8 Å². The molecular weight excluding hydrogens is 364 g/mol. The Kier molecular flexibility index (Phi) is 5.59. The van der Waals surface area contributed by atoms with E-state index < -0.39 is 4.92 Å². The van der Waals surface area contributed by atoms with Gasteiger partial charge in [-0.1, -0.05) is 0 Å². The van der Waals surface area contributed by atoms with Crippen molar-refractivity contribution >= 4 is 23.1 Å². The number of carbonyl (C=O) groups is 1. The molecule has 3 rings (SSSR count). The highest BCUT2D eigenvalue weighted by atomic mass is 16.6. The van der Waals surface area contributed by atoms with Crippen LogP contribution in [0.15, 0.2) is 18.3 Å². The normalized spacial score (nSPS) is 19.5.